The van der Waals surface area contributed by atoms with Crippen LogP contribution in [-0.2, 0) is 0 Å². The fourth-order valence-electron chi connectivity index (χ4n) is 3.08. The zero-order valence-corrected chi connectivity index (χ0v) is 10.7. The van der Waals surface area contributed by atoms with Gasteiger partial charge >= 0.3 is 0 Å². The van der Waals surface area contributed by atoms with Crippen LogP contribution in [0.1, 0.15) is 39.0 Å². The quantitative estimate of drug-likeness (QED) is 0.740. The lowest BCUT2D eigenvalue weighted by atomic mass is 9.89. The fourth-order valence-corrected chi connectivity index (χ4v) is 3.08. The summed E-state index contributed by atoms with van der Waals surface area (Å²) in [6.07, 6.45) is 7.36. The van der Waals surface area contributed by atoms with Crippen molar-refractivity contribution in [3.05, 3.63) is 0 Å². The molecule has 2 heteroatoms. The van der Waals surface area contributed by atoms with Crippen LogP contribution in [-0.4, -0.2) is 37.6 Å². The molecule has 1 N–H and O–H groups in total. The standard InChI is InChI=1S/C14H26N2/c1-14(6-7-15-10-14)11-16(8-12-2-3-12)9-13-4-5-13/h12-13,15H,2-11H2,1H3. The van der Waals surface area contributed by atoms with Crippen molar-refractivity contribution in [2.45, 2.75) is 39.0 Å². The third kappa shape index (κ3) is 2.98. The minimum Gasteiger partial charge on any atom is -0.316 e. The van der Waals surface area contributed by atoms with Gasteiger partial charge in [0.05, 0.1) is 0 Å². The predicted molar refractivity (Wildman–Crippen MR) is 67.5 cm³/mol. The van der Waals surface area contributed by atoms with Crippen molar-refractivity contribution in [3.63, 3.8) is 0 Å². The van der Waals surface area contributed by atoms with Gasteiger partial charge in [-0.15, -0.1) is 0 Å². The Hall–Kier alpha value is -0.0800. The maximum atomic E-state index is 3.53. The third-order valence-corrected chi connectivity index (χ3v) is 4.49. The van der Waals surface area contributed by atoms with Gasteiger partial charge in [0, 0.05) is 26.2 Å². The van der Waals surface area contributed by atoms with Gasteiger partial charge in [-0.3, -0.25) is 0 Å². The molecule has 1 aliphatic heterocycles. The smallest absolute Gasteiger partial charge is 0.00482 e. The summed E-state index contributed by atoms with van der Waals surface area (Å²) in [5.74, 6) is 2.11. The van der Waals surface area contributed by atoms with Crippen molar-refractivity contribution >= 4 is 0 Å². The van der Waals surface area contributed by atoms with Gasteiger partial charge < -0.3 is 10.2 Å². The van der Waals surface area contributed by atoms with E-state index in [4.69, 9.17) is 0 Å². The lowest BCUT2D eigenvalue weighted by Gasteiger charge is -2.32. The Morgan fingerprint density at radius 3 is 2.19 bits per heavy atom. The van der Waals surface area contributed by atoms with Crippen molar-refractivity contribution in [1.82, 2.24) is 10.2 Å². The van der Waals surface area contributed by atoms with E-state index in [1.807, 2.05) is 0 Å². The van der Waals surface area contributed by atoms with Crippen molar-refractivity contribution < 1.29 is 0 Å². The zero-order valence-electron chi connectivity index (χ0n) is 10.7. The molecule has 0 amide bonds. The molecule has 0 radical (unpaired) electrons. The molecule has 0 spiro atoms. The van der Waals surface area contributed by atoms with Gasteiger partial charge in [-0.2, -0.15) is 0 Å². The normalized spacial score (nSPS) is 34.9. The van der Waals surface area contributed by atoms with Crippen LogP contribution < -0.4 is 5.32 Å². The monoisotopic (exact) mass is 222 g/mol. The molecule has 1 saturated heterocycles. The minimum atomic E-state index is 0.559. The summed E-state index contributed by atoms with van der Waals surface area (Å²) in [6, 6.07) is 0. The summed E-state index contributed by atoms with van der Waals surface area (Å²) in [6.45, 7) is 9.07. The van der Waals surface area contributed by atoms with E-state index >= 15 is 0 Å². The highest BCUT2D eigenvalue weighted by Gasteiger charge is 2.35. The predicted octanol–water partition coefficient (Wildman–Crippen LogP) is 2.11. The number of hydrogen-bond donors (Lipinski definition) is 1. The van der Waals surface area contributed by atoms with Crippen LogP contribution in [0.5, 0.6) is 0 Å². The molecule has 0 aromatic rings. The van der Waals surface area contributed by atoms with Gasteiger partial charge in [0.2, 0.25) is 0 Å². The van der Waals surface area contributed by atoms with E-state index < -0.39 is 0 Å². The van der Waals surface area contributed by atoms with E-state index in [2.05, 4.69) is 17.1 Å². The van der Waals surface area contributed by atoms with Crippen LogP contribution in [0.15, 0.2) is 0 Å². The third-order valence-electron chi connectivity index (χ3n) is 4.49. The van der Waals surface area contributed by atoms with E-state index in [1.54, 1.807) is 0 Å². The van der Waals surface area contributed by atoms with E-state index in [0.29, 0.717) is 5.41 Å². The molecule has 1 atom stereocenters. The molecule has 1 heterocycles. The Morgan fingerprint density at radius 2 is 1.75 bits per heavy atom. The van der Waals surface area contributed by atoms with E-state index in [-0.39, 0.29) is 0 Å². The summed E-state index contributed by atoms with van der Waals surface area (Å²) >= 11 is 0. The molecule has 92 valence electrons. The first-order chi connectivity index (χ1) is 7.73. The average molecular weight is 222 g/mol. The van der Waals surface area contributed by atoms with Gasteiger partial charge in [-0.25, -0.2) is 0 Å². The van der Waals surface area contributed by atoms with Crippen LogP contribution in [0.25, 0.3) is 0 Å². The lowest BCUT2D eigenvalue weighted by Crippen LogP contribution is -2.39. The molecule has 2 nitrogen and oxygen atoms in total. The molecule has 1 unspecified atom stereocenters. The summed E-state index contributed by atoms with van der Waals surface area (Å²) in [4.78, 5) is 2.79. The Morgan fingerprint density at radius 1 is 1.12 bits per heavy atom. The molecular formula is C14H26N2. The summed E-state index contributed by atoms with van der Waals surface area (Å²) in [7, 11) is 0. The van der Waals surface area contributed by atoms with Gasteiger partial charge in [0.25, 0.3) is 0 Å². The second kappa shape index (κ2) is 4.30. The SMILES string of the molecule is CC1(CN(CC2CC2)CC2CC2)CCNC1. The Kier molecular flexibility index (Phi) is 2.97. The molecule has 2 saturated carbocycles. The molecule has 0 aromatic carbocycles. The molecule has 3 rings (SSSR count). The van der Waals surface area contributed by atoms with E-state index in [0.717, 1.165) is 11.8 Å². The number of rotatable bonds is 6. The molecule has 3 fully saturated rings. The van der Waals surface area contributed by atoms with Crippen LogP contribution in [0.3, 0.4) is 0 Å². The maximum Gasteiger partial charge on any atom is 0.00482 e. The van der Waals surface area contributed by atoms with Gasteiger partial charge in [0.1, 0.15) is 0 Å². The van der Waals surface area contributed by atoms with Gasteiger partial charge in [0.15, 0.2) is 0 Å². The first-order valence-corrected chi connectivity index (χ1v) is 7.17. The molecule has 0 aromatic heterocycles. The summed E-state index contributed by atoms with van der Waals surface area (Å²) in [5.41, 5.74) is 0.559. The molecule has 0 bridgehead atoms. The average Bonchev–Trinajstić information content (AvgIpc) is 3.12. The number of hydrogen-bond acceptors (Lipinski definition) is 2. The van der Waals surface area contributed by atoms with Crippen molar-refractivity contribution in [3.8, 4) is 0 Å². The summed E-state index contributed by atoms with van der Waals surface area (Å²) in [5, 5.41) is 3.53. The van der Waals surface area contributed by atoms with Crippen LogP contribution in [0, 0.1) is 17.3 Å². The Balaban J connectivity index is 1.52. The lowest BCUT2D eigenvalue weighted by molar-refractivity contribution is 0.165. The molecule has 16 heavy (non-hydrogen) atoms. The van der Waals surface area contributed by atoms with Gasteiger partial charge in [-0.1, -0.05) is 6.92 Å². The van der Waals surface area contributed by atoms with Crippen molar-refractivity contribution in [2.75, 3.05) is 32.7 Å². The highest BCUT2D eigenvalue weighted by molar-refractivity contribution is 4.90. The van der Waals surface area contributed by atoms with Crippen LogP contribution in [0.2, 0.25) is 0 Å². The number of nitrogens with zero attached hydrogens (tertiary/aromatic N) is 1. The second-order valence-electron chi connectivity index (χ2n) is 6.82. The Labute approximate surface area is 99.8 Å². The van der Waals surface area contributed by atoms with Crippen LogP contribution in [0.4, 0.5) is 0 Å². The zero-order chi connectivity index (χ0) is 11.0. The van der Waals surface area contributed by atoms with Crippen molar-refractivity contribution in [2.24, 2.45) is 17.3 Å². The summed E-state index contributed by atoms with van der Waals surface area (Å²) < 4.78 is 0. The highest BCUT2D eigenvalue weighted by Crippen LogP contribution is 2.35. The van der Waals surface area contributed by atoms with E-state index in [1.165, 1.54) is 64.8 Å². The number of nitrogens with one attached hydrogen (secondary N) is 1. The first-order valence-electron chi connectivity index (χ1n) is 7.17. The largest absolute Gasteiger partial charge is 0.316 e. The molecular weight excluding hydrogens is 196 g/mol. The fraction of sp³-hybridized carbons (Fsp3) is 1.00. The van der Waals surface area contributed by atoms with Gasteiger partial charge in [-0.05, 0) is 55.9 Å². The second-order valence-corrected chi connectivity index (χ2v) is 6.82. The Bertz CT molecular complexity index is 223. The topological polar surface area (TPSA) is 15.3 Å². The maximum absolute atomic E-state index is 3.53. The van der Waals surface area contributed by atoms with Crippen molar-refractivity contribution in [1.29, 1.82) is 0 Å². The molecule has 2 aliphatic carbocycles. The van der Waals surface area contributed by atoms with Crippen LogP contribution >= 0.6 is 0 Å². The first kappa shape index (κ1) is 11.0. The van der Waals surface area contributed by atoms with E-state index in [9.17, 15) is 0 Å². The minimum absolute atomic E-state index is 0.559. The molecule has 3 aliphatic rings. The highest BCUT2D eigenvalue weighted by atomic mass is 15.1.